The first-order valence-electron chi connectivity index (χ1n) is 32.5. The van der Waals surface area contributed by atoms with Crippen LogP contribution in [-0.4, -0.2) is 37.2 Å². The van der Waals surface area contributed by atoms with Crippen molar-refractivity contribution in [3.05, 3.63) is 0 Å². The van der Waals surface area contributed by atoms with E-state index in [1.807, 2.05) is 0 Å². The summed E-state index contributed by atoms with van der Waals surface area (Å²) in [4.78, 5) is 38.1. The van der Waals surface area contributed by atoms with E-state index in [-0.39, 0.29) is 31.1 Å². The van der Waals surface area contributed by atoms with Crippen molar-refractivity contribution in [1.29, 1.82) is 0 Å². The molecule has 1 unspecified atom stereocenters. The number of carbonyl (C=O) groups is 3. The van der Waals surface area contributed by atoms with Crippen LogP contribution >= 0.6 is 0 Å². The van der Waals surface area contributed by atoms with Crippen LogP contribution in [0.2, 0.25) is 0 Å². The number of unbranched alkanes of at least 4 members (excludes halogenated alkanes) is 50. The number of rotatable bonds is 61. The Kier molecular flexibility index (Phi) is 59.6. The Morgan fingerprint density at radius 1 is 0.225 bits per heavy atom. The summed E-state index contributed by atoms with van der Waals surface area (Å²) in [5, 5.41) is 0. The molecule has 422 valence electrons. The van der Waals surface area contributed by atoms with Crippen LogP contribution in [0, 0.1) is 0 Å². The van der Waals surface area contributed by atoms with Gasteiger partial charge in [-0.25, -0.2) is 0 Å². The van der Waals surface area contributed by atoms with Gasteiger partial charge in [0, 0.05) is 19.3 Å². The molecule has 0 saturated carbocycles. The molecule has 0 saturated heterocycles. The van der Waals surface area contributed by atoms with Crippen molar-refractivity contribution < 1.29 is 28.6 Å². The Bertz CT molecular complexity index is 1060. The first-order chi connectivity index (χ1) is 35.0. The van der Waals surface area contributed by atoms with Crippen LogP contribution < -0.4 is 0 Å². The van der Waals surface area contributed by atoms with Gasteiger partial charge in [0.05, 0.1) is 0 Å². The van der Waals surface area contributed by atoms with Crippen molar-refractivity contribution in [2.45, 2.75) is 386 Å². The van der Waals surface area contributed by atoms with Crippen LogP contribution in [0.25, 0.3) is 0 Å². The highest BCUT2D eigenvalue weighted by Crippen LogP contribution is 2.19. The third-order valence-electron chi connectivity index (χ3n) is 15.1. The smallest absolute Gasteiger partial charge is 0.306 e. The van der Waals surface area contributed by atoms with Crippen LogP contribution in [-0.2, 0) is 28.6 Å². The number of carbonyl (C=O) groups excluding carboxylic acids is 3. The quantitative estimate of drug-likeness (QED) is 0.0343. The molecule has 0 aliphatic rings. The Morgan fingerprint density at radius 2 is 0.380 bits per heavy atom. The van der Waals surface area contributed by atoms with Gasteiger partial charge in [0.15, 0.2) is 6.10 Å². The van der Waals surface area contributed by atoms with E-state index in [1.165, 1.54) is 283 Å². The molecule has 0 aliphatic heterocycles. The fourth-order valence-corrected chi connectivity index (χ4v) is 10.2. The predicted octanol–water partition coefficient (Wildman–Crippen LogP) is 21.9. The summed E-state index contributed by atoms with van der Waals surface area (Å²) in [5.74, 6) is -0.833. The van der Waals surface area contributed by atoms with E-state index in [9.17, 15) is 14.4 Å². The third-order valence-corrected chi connectivity index (χ3v) is 15.1. The largest absolute Gasteiger partial charge is 0.462 e. The highest BCUT2D eigenvalue weighted by Gasteiger charge is 2.19. The Labute approximate surface area is 444 Å². The predicted molar refractivity (Wildman–Crippen MR) is 307 cm³/mol. The van der Waals surface area contributed by atoms with Gasteiger partial charge in [0.2, 0.25) is 0 Å². The van der Waals surface area contributed by atoms with Gasteiger partial charge < -0.3 is 14.2 Å². The van der Waals surface area contributed by atoms with Crippen molar-refractivity contribution in [3.8, 4) is 0 Å². The SMILES string of the molecule is CCCCCCCCCCCCCCCCCCCCCCCCCCCCCCCCC(=O)OCC(COC(=O)CCCCCCCCCCCC)OC(=O)CCCCCCCCCCCCCCC. The number of hydrogen-bond acceptors (Lipinski definition) is 6. The lowest BCUT2D eigenvalue weighted by atomic mass is 10.0. The van der Waals surface area contributed by atoms with Gasteiger partial charge in [-0.1, -0.05) is 342 Å². The van der Waals surface area contributed by atoms with Gasteiger partial charge in [-0.05, 0) is 19.3 Å². The number of hydrogen-bond donors (Lipinski definition) is 0. The van der Waals surface area contributed by atoms with Gasteiger partial charge in [-0.15, -0.1) is 0 Å². The number of ether oxygens (including phenoxy) is 3. The fraction of sp³-hybridized carbons (Fsp3) is 0.954. The molecule has 1 atom stereocenters. The average Bonchev–Trinajstić information content (AvgIpc) is 3.37. The van der Waals surface area contributed by atoms with E-state index in [0.29, 0.717) is 19.3 Å². The molecule has 0 bridgehead atoms. The molecule has 0 aromatic heterocycles. The first kappa shape index (κ1) is 69.4. The van der Waals surface area contributed by atoms with Crippen molar-refractivity contribution >= 4 is 17.9 Å². The molecule has 0 aromatic rings. The van der Waals surface area contributed by atoms with E-state index in [0.717, 1.165) is 57.8 Å². The molecular weight excluding hydrogens is 877 g/mol. The molecule has 0 amide bonds. The summed E-state index contributed by atoms with van der Waals surface area (Å²) in [6, 6.07) is 0. The second kappa shape index (κ2) is 61.0. The van der Waals surface area contributed by atoms with Gasteiger partial charge in [0.1, 0.15) is 13.2 Å². The molecule has 0 spiro atoms. The van der Waals surface area contributed by atoms with E-state index in [1.54, 1.807) is 0 Å². The van der Waals surface area contributed by atoms with Gasteiger partial charge >= 0.3 is 17.9 Å². The van der Waals surface area contributed by atoms with Gasteiger partial charge in [0.25, 0.3) is 0 Å². The summed E-state index contributed by atoms with van der Waals surface area (Å²) in [6.45, 7) is 6.70. The van der Waals surface area contributed by atoms with Crippen molar-refractivity contribution in [3.63, 3.8) is 0 Å². The third kappa shape index (κ3) is 59.2. The van der Waals surface area contributed by atoms with E-state index in [2.05, 4.69) is 20.8 Å². The lowest BCUT2D eigenvalue weighted by molar-refractivity contribution is -0.167. The van der Waals surface area contributed by atoms with Gasteiger partial charge in [-0.3, -0.25) is 14.4 Å². The average molecular weight is 1000 g/mol. The monoisotopic (exact) mass is 1000 g/mol. The zero-order chi connectivity index (χ0) is 51.4. The number of esters is 3. The van der Waals surface area contributed by atoms with Crippen molar-refractivity contribution in [1.82, 2.24) is 0 Å². The molecule has 0 N–H and O–H groups in total. The van der Waals surface area contributed by atoms with Crippen LogP contribution in [0.1, 0.15) is 380 Å². The fourth-order valence-electron chi connectivity index (χ4n) is 10.2. The minimum Gasteiger partial charge on any atom is -0.462 e. The molecule has 0 heterocycles. The zero-order valence-corrected chi connectivity index (χ0v) is 48.5. The normalized spacial score (nSPS) is 11.9. The lowest BCUT2D eigenvalue weighted by Gasteiger charge is -2.18. The molecule has 0 radical (unpaired) electrons. The summed E-state index contributed by atoms with van der Waals surface area (Å²) in [7, 11) is 0. The summed E-state index contributed by atoms with van der Waals surface area (Å²) in [5.41, 5.74) is 0. The molecule has 71 heavy (non-hydrogen) atoms. The minimum atomic E-state index is -0.761. The topological polar surface area (TPSA) is 78.9 Å². The molecule has 0 aromatic carbocycles. The highest BCUT2D eigenvalue weighted by atomic mass is 16.6. The zero-order valence-electron chi connectivity index (χ0n) is 48.5. The maximum atomic E-state index is 12.8. The maximum Gasteiger partial charge on any atom is 0.306 e. The van der Waals surface area contributed by atoms with E-state index >= 15 is 0 Å². The second-order valence-electron chi connectivity index (χ2n) is 22.4. The molecule has 6 nitrogen and oxygen atoms in total. The Hall–Kier alpha value is -1.59. The van der Waals surface area contributed by atoms with Crippen LogP contribution in [0.5, 0.6) is 0 Å². The summed E-state index contributed by atoms with van der Waals surface area (Å²) < 4.78 is 16.9. The van der Waals surface area contributed by atoms with Crippen molar-refractivity contribution in [2.24, 2.45) is 0 Å². The molecular formula is C65H126O6. The molecule has 0 fully saturated rings. The molecule has 6 heteroatoms. The van der Waals surface area contributed by atoms with Crippen LogP contribution in [0.15, 0.2) is 0 Å². The molecule has 0 aliphatic carbocycles. The molecule has 0 rings (SSSR count). The summed E-state index contributed by atoms with van der Waals surface area (Å²) >= 11 is 0. The maximum absolute atomic E-state index is 12.8. The first-order valence-corrected chi connectivity index (χ1v) is 32.5. The van der Waals surface area contributed by atoms with Crippen molar-refractivity contribution in [2.75, 3.05) is 13.2 Å². The van der Waals surface area contributed by atoms with E-state index in [4.69, 9.17) is 14.2 Å². The van der Waals surface area contributed by atoms with Crippen LogP contribution in [0.3, 0.4) is 0 Å². The summed E-state index contributed by atoms with van der Waals surface area (Å²) in [6.07, 6.45) is 70.0. The second-order valence-corrected chi connectivity index (χ2v) is 22.4. The Morgan fingerprint density at radius 3 is 0.563 bits per heavy atom. The van der Waals surface area contributed by atoms with Gasteiger partial charge in [-0.2, -0.15) is 0 Å². The van der Waals surface area contributed by atoms with E-state index < -0.39 is 6.10 Å². The standard InChI is InChI=1S/C65H126O6/c1-4-7-10-13-16-19-22-24-25-26-27-28-29-30-31-32-33-34-35-36-37-38-39-40-42-43-46-49-52-55-58-64(67)70-61-62(60-69-63(66)57-54-51-48-45-21-18-15-12-9-6-3)71-65(68)59-56-53-50-47-44-41-23-20-17-14-11-8-5-2/h62H,4-61H2,1-3H3. The lowest BCUT2D eigenvalue weighted by Crippen LogP contribution is -2.30. The van der Waals surface area contributed by atoms with Crippen LogP contribution in [0.4, 0.5) is 0 Å². The Balaban J connectivity index is 4.00. The minimum absolute atomic E-state index is 0.0612. The highest BCUT2D eigenvalue weighted by molar-refractivity contribution is 5.71.